The number of imidazole rings is 1. The topological polar surface area (TPSA) is 72.3 Å². The number of H-pyrrole nitrogens is 1. The third-order valence-corrected chi connectivity index (χ3v) is 3.78. The van der Waals surface area contributed by atoms with E-state index in [1.54, 1.807) is 18.7 Å². The molecule has 0 unspecified atom stereocenters. The highest BCUT2D eigenvalue weighted by Gasteiger charge is 2.14. The molecule has 4 rings (SSSR count). The van der Waals surface area contributed by atoms with Crippen molar-refractivity contribution in [2.75, 3.05) is 0 Å². The van der Waals surface area contributed by atoms with Crippen LogP contribution in [0.5, 0.6) is 0 Å². The van der Waals surface area contributed by atoms with Crippen LogP contribution in [0.1, 0.15) is 19.9 Å². The first-order valence-electron chi connectivity index (χ1n) is 7.52. The van der Waals surface area contributed by atoms with Crippen molar-refractivity contribution in [3.05, 3.63) is 49.2 Å². The molecule has 0 aliphatic carbocycles. The highest BCUT2D eigenvalue weighted by molar-refractivity contribution is 5.85. The van der Waals surface area contributed by atoms with Gasteiger partial charge in [0.2, 0.25) is 0 Å². The van der Waals surface area contributed by atoms with Crippen LogP contribution in [0.4, 0.5) is 0 Å². The number of hydrogen-bond donors (Lipinski definition) is 1. The summed E-state index contributed by atoms with van der Waals surface area (Å²) in [5, 5.41) is 4.61. The number of rotatable bonds is 3. The van der Waals surface area contributed by atoms with Gasteiger partial charge in [-0.1, -0.05) is 6.07 Å². The zero-order valence-corrected chi connectivity index (χ0v) is 14.2. The lowest BCUT2D eigenvalue weighted by Crippen LogP contribution is -2.00. The maximum absolute atomic E-state index is 4.61. The molecule has 6 nitrogen and oxygen atoms in total. The minimum absolute atomic E-state index is 0. The summed E-state index contributed by atoms with van der Waals surface area (Å²) in [6, 6.07) is 8.31. The van der Waals surface area contributed by atoms with Crippen molar-refractivity contribution in [2.45, 2.75) is 19.9 Å². The van der Waals surface area contributed by atoms with Crippen LogP contribution in [0.25, 0.3) is 33.7 Å². The summed E-state index contributed by atoms with van der Waals surface area (Å²) < 4.78 is 1.93. The Morgan fingerprint density at radius 2 is 1.79 bits per heavy atom. The number of halogens is 1. The monoisotopic (exact) mass is 340 g/mol. The predicted molar refractivity (Wildman–Crippen MR) is 96.0 cm³/mol. The number of hydrogen-bond acceptors (Lipinski definition) is 4. The molecule has 7 heteroatoms. The van der Waals surface area contributed by atoms with Gasteiger partial charge in [-0.2, -0.15) is 5.10 Å². The molecular weight excluding hydrogens is 324 g/mol. The average Bonchev–Trinajstić information content (AvgIpc) is 3.23. The zero-order chi connectivity index (χ0) is 15.8. The van der Waals surface area contributed by atoms with Gasteiger partial charge in [0, 0.05) is 30.2 Å². The summed E-state index contributed by atoms with van der Waals surface area (Å²) in [5.41, 5.74) is 5.39. The maximum atomic E-state index is 4.61. The van der Waals surface area contributed by atoms with E-state index in [9.17, 15) is 0 Å². The SMILES string of the molecule is CC(C)n1ccc(-c2nc[nH]c2-c2ccc3nccnc3c2)n1.Cl. The fraction of sp³-hybridized carbons (Fsp3) is 0.176. The average molecular weight is 341 g/mol. The Balaban J connectivity index is 0.00000169. The van der Waals surface area contributed by atoms with Crippen molar-refractivity contribution in [2.24, 2.45) is 0 Å². The molecule has 0 saturated carbocycles. The first-order valence-corrected chi connectivity index (χ1v) is 7.52. The molecule has 122 valence electrons. The van der Waals surface area contributed by atoms with Crippen LogP contribution < -0.4 is 0 Å². The van der Waals surface area contributed by atoms with Gasteiger partial charge in [0.05, 0.1) is 23.1 Å². The third kappa shape index (κ3) is 2.76. The molecule has 0 bridgehead atoms. The van der Waals surface area contributed by atoms with E-state index < -0.39 is 0 Å². The van der Waals surface area contributed by atoms with Crippen molar-refractivity contribution in [1.29, 1.82) is 0 Å². The lowest BCUT2D eigenvalue weighted by molar-refractivity contribution is 0.534. The standard InChI is InChI=1S/C17H16N6.ClH/c1-11(2)23-8-5-14(22-23)17-16(20-10-21-17)12-3-4-13-15(9-12)19-7-6-18-13;/h3-11H,1-2H3,(H,20,21);1H. The van der Waals surface area contributed by atoms with Crippen LogP contribution in [0.15, 0.2) is 49.2 Å². The van der Waals surface area contributed by atoms with E-state index >= 15 is 0 Å². The van der Waals surface area contributed by atoms with E-state index in [0.717, 1.165) is 33.7 Å². The first kappa shape index (κ1) is 16.1. The van der Waals surface area contributed by atoms with Crippen LogP contribution in [0.2, 0.25) is 0 Å². The molecule has 0 saturated heterocycles. The van der Waals surface area contributed by atoms with Gasteiger partial charge in [0.25, 0.3) is 0 Å². The lowest BCUT2D eigenvalue weighted by atomic mass is 10.1. The van der Waals surface area contributed by atoms with Gasteiger partial charge in [0.1, 0.15) is 11.4 Å². The minimum Gasteiger partial charge on any atom is -0.344 e. The number of aromatic amines is 1. The number of fused-ring (bicyclic) bond motifs is 1. The molecule has 24 heavy (non-hydrogen) atoms. The molecule has 0 atom stereocenters. The molecule has 3 aromatic heterocycles. The van der Waals surface area contributed by atoms with Crippen LogP contribution >= 0.6 is 12.4 Å². The molecule has 0 amide bonds. The molecule has 4 aromatic rings. The highest BCUT2D eigenvalue weighted by Crippen LogP contribution is 2.29. The molecule has 0 aliphatic rings. The van der Waals surface area contributed by atoms with Gasteiger partial charge in [0.15, 0.2) is 0 Å². The Morgan fingerprint density at radius 3 is 2.54 bits per heavy atom. The van der Waals surface area contributed by atoms with Crippen LogP contribution in [-0.2, 0) is 0 Å². The molecule has 0 spiro atoms. The molecule has 1 aromatic carbocycles. The summed E-state index contributed by atoms with van der Waals surface area (Å²) in [4.78, 5) is 16.3. The Morgan fingerprint density at radius 1 is 1.00 bits per heavy atom. The summed E-state index contributed by atoms with van der Waals surface area (Å²) in [6.45, 7) is 4.20. The van der Waals surface area contributed by atoms with Crippen molar-refractivity contribution in [1.82, 2.24) is 29.7 Å². The smallest absolute Gasteiger partial charge is 0.116 e. The summed E-state index contributed by atoms with van der Waals surface area (Å²) in [5.74, 6) is 0. The van der Waals surface area contributed by atoms with Crippen molar-refractivity contribution < 1.29 is 0 Å². The van der Waals surface area contributed by atoms with E-state index in [1.165, 1.54) is 0 Å². The second-order valence-corrected chi connectivity index (χ2v) is 5.66. The van der Waals surface area contributed by atoms with Crippen LogP contribution in [-0.4, -0.2) is 29.7 Å². The van der Waals surface area contributed by atoms with Crippen molar-refractivity contribution in [3.8, 4) is 22.6 Å². The molecule has 1 N–H and O–H groups in total. The van der Waals surface area contributed by atoms with Gasteiger partial charge in [-0.15, -0.1) is 12.4 Å². The predicted octanol–water partition coefficient (Wildman–Crippen LogP) is 3.89. The van der Waals surface area contributed by atoms with Gasteiger partial charge in [-0.25, -0.2) is 4.98 Å². The quantitative estimate of drug-likeness (QED) is 0.614. The van der Waals surface area contributed by atoms with Crippen molar-refractivity contribution >= 4 is 23.4 Å². The number of nitrogens with zero attached hydrogens (tertiary/aromatic N) is 5. The number of benzene rings is 1. The van der Waals surface area contributed by atoms with E-state index in [2.05, 4.69) is 38.9 Å². The maximum Gasteiger partial charge on any atom is 0.116 e. The molecule has 3 heterocycles. The largest absolute Gasteiger partial charge is 0.344 e. The van der Waals surface area contributed by atoms with Crippen molar-refractivity contribution in [3.63, 3.8) is 0 Å². The molecule has 0 fully saturated rings. The van der Waals surface area contributed by atoms with Gasteiger partial charge in [-0.05, 0) is 32.0 Å². The fourth-order valence-electron chi connectivity index (χ4n) is 2.58. The van der Waals surface area contributed by atoms with E-state index in [-0.39, 0.29) is 12.4 Å². The fourth-order valence-corrected chi connectivity index (χ4v) is 2.58. The van der Waals surface area contributed by atoms with Crippen LogP contribution in [0, 0.1) is 0 Å². The number of nitrogens with one attached hydrogen (secondary N) is 1. The Labute approximate surface area is 145 Å². The Bertz CT molecular complexity index is 972. The number of aromatic nitrogens is 6. The van der Waals surface area contributed by atoms with Gasteiger partial charge in [-0.3, -0.25) is 14.6 Å². The Kier molecular flexibility index (Phi) is 4.31. The highest BCUT2D eigenvalue weighted by atomic mass is 35.5. The third-order valence-electron chi connectivity index (χ3n) is 3.78. The normalized spacial score (nSPS) is 11.0. The molecule has 0 aliphatic heterocycles. The van der Waals surface area contributed by atoms with E-state index in [4.69, 9.17) is 0 Å². The van der Waals surface area contributed by atoms with Gasteiger partial charge >= 0.3 is 0 Å². The first-order chi connectivity index (χ1) is 11.2. The summed E-state index contributed by atoms with van der Waals surface area (Å²) in [7, 11) is 0. The Hall–Kier alpha value is -2.73. The molecular formula is C17H17ClN6. The second kappa shape index (κ2) is 6.41. The second-order valence-electron chi connectivity index (χ2n) is 5.66. The van der Waals surface area contributed by atoms with E-state index in [1.807, 2.05) is 35.1 Å². The van der Waals surface area contributed by atoms with Crippen LogP contribution in [0.3, 0.4) is 0 Å². The lowest BCUT2D eigenvalue weighted by Gasteiger charge is -2.05. The van der Waals surface area contributed by atoms with E-state index in [0.29, 0.717) is 6.04 Å². The summed E-state index contributed by atoms with van der Waals surface area (Å²) in [6.07, 6.45) is 7.07. The summed E-state index contributed by atoms with van der Waals surface area (Å²) >= 11 is 0. The minimum atomic E-state index is 0. The molecule has 0 radical (unpaired) electrons. The van der Waals surface area contributed by atoms with Gasteiger partial charge < -0.3 is 4.98 Å². The zero-order valence-electron chi connectivity index (χ0n) is 13.3.